The summed E-state index contributed by atoms with van der Waals surface area (Å²) in [6, 6.07) is 0. The van der Waals surface area contributed by atoms with E-state index in [1.54, 1.807) is 4.67 Å². The molecular weight excluding hydrogens is 189 g/mol. The maximum Gasteiger partial charge on any atom is 0.408 e. The Hall–Kier alpha value is 0.110. The minimum Gasteiger partial charge on any atom is -0.300 e. The van der Waals surface area contributed by atoms with Gasteiger partial charge in [0.25, 0.3) is 0 Å². The molecule has 4 nitrogen and oxygen atoms in total. The monoisotopic (exact) mass is 207 g/mol. The van der Waals surface area contributed by atoms with Crippen molar-refractivity contribution in [2.24, 2.45) is 0 Å². The minimum atomic E-state index is -3.05. The maximum atomic E-state index is 12.0. The lowest BCUT2D eigenvalue weighted by atomic mass is 10.0. The number of hydrogen-bond acceptors (Lipinski definition) is 3. The zero-order valence-electron chi connectivity index (χ0n) is 9.12. The SMILES string of the molecule is COP(=O)(OC)N1C(C)(C)C1(C)C. The first-order valence-electron chi connectivity index (χ1n) is 4.26. The summed E-state index contributed by atoms with van der Waals surface area (Å²) < 4.78 is 23.7. The van der Waals surface area contributed by atoms with Crippen LogP contribution in [0.5, 0.6) is 0 Å². The fourth-order valence-corrected chi connectivity index (χ4v) is 3.89. The van der Waals surface area contributed by atoms with Crippen LogP contribution in [0.2, 0.25) is 0 Å². The highest BCUT2D eigenvalue weighted by Crippen LogP contribution is 2.70. The fourth-order valence-electron chi connectivity index (χ4n) is 1.74. The molecule has 0 saturated carbocycles. The molecule has 0 N–H and O–H groups in total. The summed E-state index contributed by atoms with van der Waals surface area (Å²) in [6.07, 6.45) is 0. The van der Waals surface area contributed by atoms with Gasteiger partial charge in [-0.2, -0.15) is 4.67 Å². The second kappa shape index (κ2) is 2.80. The van der Waals surface area contributed by atoms with E-state index in [-0.39, 0.29) is 11.1 Å². The number of nitrogens with zero attached hydrogens (tertiary/aromatic N) is 1. The van der Waals surface area contributed by atoms with Crippen molar-refractivity contribution in [2.75, 3.05) is 14.2 Å². The summed E-state index contributed by atoms with van der Waals surface area (Å²) in [5.74, 6) is 0. The molecule has 0 spiro atoms. The molecule has 1 aliphatic rings. The minimum absolute atomic E-state index is 0.130. The third-order valence-corrected chi connectivity index (χ3v) is 5.63. The summed E-state index contributed by atoms with van der Waals surface area (Å²) in [5, 5.41) is 0. The Balaban J connectivity index is 2.95. The van der Waals surface area contributed by atoms with Crippen LogP contribution in [0.15, 0.2) is 0 Å². The summed E-state index contributed by atoms with van der Waals surface area (Å²) >= 11 is 0. The fraction of sp³-hybridized carbons (Fsp3) is 1.00. The van der Waals surface area contributed by atoms with Gasteiger partial charge in [0.2, 0.25) is 0 Å². The first-order chi connectivity index (χ1) is 5.74. The van der Waals surface area contributed by atoms with E-state index in [9.17, 15) is 4.57 Å². The zero-order chi connectivity index (χ0) is 10.5. The van der Waals surface area contributed by atoms with Gasteiger partial charge in [0.15, 0.2) is 0 Å². The van der Waals surface area contributed by atoms with Gasteiger partial charge < -0.3 is 0 Å². The molecule has 0 bridgehead atoms. The Morgan fingerprint density at radius 1 is 1.00 bits per heavy atom. The molecule has 1 heterocycles. The van der Waals surface area contributed by atoms with Crippen molar-refractivity contribution in [1.29, 1.82) is 0 Å². The molecule has 0 aromatic rings. The predicted octanol–water partition coefficient (Wildman–Crippen LogP) is 2.26. The lowest BCUT2D eigenvalue weighted by molar-refractivity contribution is 0.235. The van der Waals surface area contributed by atoms with Crippen LogP contribution in [0, 0.1) is 0 Å². The average molecular weight is 207 g/mol. The summed E-state index contributed by atoms with van der Waals surface area (Å²) in [4.78, 5) is 0. The topological polar surface area (TPSA) is 38.5 Å². The van der Waals surface area contributed by atoms with Crippen molar-refractivity contribution in [3.63, 3.8) is 0 Å². The van der Waals surface area contributed by atoms with Crippen LogP contribution in [0.25, 0.3) is 0 Å². The number of hydrogen-bond donors (Lipinski definition) is 0. The Bertz CT molecular complexity index is 240. The standard InChI is InChI=1S/C8H18NO3P/c1-7(2)8(3,4)9(7)13(10,11-5)12-6/h1-6H3. The van der Waals surface area contributed by atoms with Crippen molar-refractivity contribution in [1.82, 2.24) is 4.67 Å². The Morgan fingerprint density at radius 3 is 1.38 bits per heavy atom. The van der Waals surface area contributed by atoms with E-state index in [4.69, 9.17) is 9.05 Å². The van der Waals surface area contributed by atoms with Gasteiger partial charge in [-0.25, -0.2) is 4.57 Å². The largest absolute Gasteiger partial charge is 0.408 e. The molecule has 0 radical (unpaired) electrons. The van der Waals surface area contributed by atoms with Gasteiger partial charge in [0, 0.05) is 25.3 Å². The van der Waals surface area contributed by atoms with Gasteiger partial charge in [-0.05, 0) is 27.7 Å². The van der Waals surface area contributed by atoms with E-state index in [0.717, 1.165) is 0 Å². The van der Waals surface area contributed by atoms with Crippen molar-refractivity contribution in [3.8, 4) is 0 Å². The van der Waals surface area contributed by atoms with Crippen LogP contribution < -0.4 is 0 Å². The molecule has 78 valence electrons. The molecule has 0 aliphatic carbocycles. The average Bonchev–Trinajstić information content (AvgIpc) is 2.43. The Kier molecular flexibility index (Phi) is 2.41. The zero-order valence-corrected chi connectivity index (χ0v) is 10.0. The Labute approximate surface area is 79.8 Å². The van der Waals surface area contributed by atoms with Gasteiger partial charge in [0.1, 0.15) is 0 Å². The van der Waals surface area contributed by atoms with E-state index < -0.39 is 7.75 Å². The van der Waals surface area contributed by atoms with E-state index in [0.29, 0.717) is 0 Å². The molecule has 13 heavy (non-hydrogen) atoms. The summed E-state index contributed by atoms with van der Waals surface area (Å²) in [7, 11) is -0.229. The highest BCUT2D eigenvalue weighted by Gasteiger charge is 2.71. The van der Waals surface area contributed by atoms with Crippen LogP contribution >= 0.6 is 7.75 Å². The van der Waals surface area contributed by atoms with Crippen LogP contribution in [0.1, 0.15) is 27.7 Å². The summed E-state index contributed by atoms with van der Waals surface area (Å²) in [5.41, 5.74) is -0.261. The lowest BCUT2D eigenvalue weighted by Gasteiger charge is -2.17. The highest BCUT2D eigenvalue weighted by molar-refractivity contribution is 7.51. The van der Waals surface area contributed by atoms with Gasteiger partial charge in [-0.15, -0.1) is 0 Å². The van der Waals surface area contributed by atoms with Gasteiger partial charge in [0.05, 0.1) is 0 Å². The molecule has 1 rings (SSSR count). The molecule has 0 aromatic carbocycles. The third kappa shape index (κ3) is 1.28. The van der Waals surface area contributed by atoms with Crippen LogP contribution in [-0.2, 0) is 13.6 Å². The predicted molar refractivity (Wildman–Crippen MR) is 51.6 cm³/mol. The molecule has 0 unspecified atom stereocenters. The van der Waals surface area contributed by atoms with E-state index in [1.165, 1.54) is 14.2 Å². The smallest absolute Gasteiger partial charge is 0.300 e. The van der Waals surface area contributed by atoms with Gasteiger partial charge >= 0.3 is 7.75 Å². The summed E-state index contributed by atoms with van der Waals surface area (Å²) in [6.45, 7) is 8.10. The molecule has 0 amide bonds. The Morgan fingerprint density at radius 2 is 1.31 bits per heavy atom. The number of rotatable bonds is 3. The van der Waals surface area contributed by atoms with Gasteiger partial charge in [-0.1, -0.05) is 0 Å². The molecule has 0 aromatic heterocycles. The third-order valence-electron chi connectivity index (χ3n) is 3.21. The molecule has 1 saturated heterocycles. The quantitative estimate of drug-likeness (QED) is 0.525. The first-order valence-corrected chi connectivity index (χ1v) is 5.76. The lowest BCUT2D eigenvalue weighted by Crippen LogP contribution is -2.10. The first kappa shape index (κ1) is 11.2. The van der Waals surface area contributed by atoms with Crippen LogP contribution in [0.3, 0.4) is 0 Å². The molecule has 1 aliphatic heterocycles. The van der Waals surface area contributed by atoms with Gasteiger partial charge in [-0.3, -0.25) is 9.05 Å². The van der Waals surface area contributed by atoms with E-state index in [2.05, 4.69) is 0 Å². The van der Waals surface area contributed by atoms with Crippen molar-refractivity contribution in [3.05, 3.63) is 0 Å². The van der Waals surface area contributed by atoms with E-state index >= 15 is 0 Å². The van der Waals surface area contributed by atoms with Crippen LogP contribution in [-0.4, -0.2) is 30.0 Å². The van der Waals surface area contributed by atoms with Crippen LogP contribution in [0.4, 0.5) is 0 Å². The molecule has 1 fully saturated rings. The van der Waals surface area contributed by atoms with E-state index in [1.807, 2.05) is 27.7 Å². The second-order valence-electron chi connectivity index (χ2n) is 4.26. The van der Waals surface area contributed by atoms with Crippen molar-refractivity contribution < 1.29 is 13.6 Å². The second-order valence-corrected chi connectivity index (χ2v) is 6.33. The normalized spacial score (nSPS) is 26.0. The highest BCUT2D eigenvalue weighted by atomic mass is 31.2. The van der Waals surface area contributed by atoms with Crippen molar-refractivity contribution >= 4 is 7.75 Å². The van der Waals surface area contributed by atoms with Crippen molar-refractivity contribution in [2.45, 2.75) is 38.8 Å². The maximum absolute atomic E-state index is 12.0. The molecular formula is C8H18NO3P. The molecule has 0 atom stereocenters. The molecule has 5 heteroatoms.